The van der Waals surface area contributed by atoms with Crippen molar-refractivity contribution in [3.8, 4) is 0 Å². The van der Waals surface area contributed by atoms with E-state index in [1.165, 1.54) is 15.9 Å². The van der Waals surface area contributed by atoms with Crippen molar-refractivity contribution >= 4 is 28.1 Å². The minimum absolute atomic E-state index is 0.264. The zero-order valence-corrected chi connectivity index (χ0v) is 16.3. The Kier molecular flexibility index (Phi) is 4.75. The molecule has 2 aromatic heterocycles. The molecular formula is C21H18N4O2S. The van der Waals surface area contributed by atoms with E-state index >= 15 is 0 Å². The minimum Gasteiger partial charge on any atom is -0.378 e. The molecule has 0 bridgehead atoms. The lowest BCUT2D eigenvalue weighted by Gasteiger charge is -2.11. The van der Waals surface area contributed by atoms with E-state index in [4.69, 9.17) is 0 Å². The van der Waals surface area contributed by atoms with Crippen LogP contribution in [0.3, 0.4) is 0 Å². The van der Waals surface area contributed by atoms with Crippen molar-refractivity contribution in [3.63, 3.8) is 0 Å². The summed E-state index contributed by atoms with van der Waals surface area (Å²) >= 11 is 1.17. The van der Waals surface area contributed by atoms with E-state index in [0.29, 0.717) is 15.9 Å². The van der Waals surface area contributed by atoms with Crippen LogP contribution in [0, 0.1) is 0 Å². The van der Waals surface area contributed by atoms with Gasteiger partial charge in [-0.2, -0.15) is 14.6 Å². The normalized spacial score (nSPS) is 11.9. The number of hydrogen-bond donors (Lipinski definition) is 0. The first-order chi connectivity index (χ1) is 13.5. The van der Waals surface area contributed by atoms with E-state index in [1.807, 2.05) is 73.6 Å². The van der Waals surface area contributed by atoms with Gasteiger partial charge in [0.05, 0.1) is 4.53 Å². The highest BCUT2D eigenvalue weighted by Crippen LogP contribution is 2.12. The second-order valence-electron chi connectivity index (χ2n) is 6.62. The maximum Gasteiger partial charge on any atom is 0.296 e. The van der Waals surface area contributed by atoms with Gasteiger partial charge < -0.3 is 4.90 Å². The van der Waals surface area contributed by atoms with Crippen molar-refractivity contribution in [2.75, 3.05) is 19.0 Å². The van der Waals surface area contributed by atoms with E-state index in [2.05, 4.69) is 10.1 Å². The van der Waals surface area contributed by atoms with Gasteiger partial charge in [0.2, 0.25) is 4.96 Å². The topological polar surface area (TPSA) is 67.6 Å². The molecular weight excluding hydrogens is 372 g/mol. The molecule has 0 saturated heterocycles. The molecule has 0 aliphatic heterocycles. The number of aromatic nitrogens is 3. The summed E-state index contributed by atoms with van der Waals surface area (Å²) in [6.07, 6.45) is 2.14. The van der Waals surface area contributed by atoms with Crippen LogP contribution < -0.4 is 20.6 Å². The Labute approximate surface area is 165 Å². The first-order valence-corrected chi connectivity index (χ1v) is 9.59. The molecule has 4 rings (SSSR count). The molecule has 0 radical (unpaired) electrons. The standard InChI is InChI=1S/C21H18N4O2S/c1-24(2)16-10-8-15(9-11-16)13-18-20(27)25-21(28-18)22-19(26)17(23-25)12-14-6-4-3-5-7-14/h3-11,13H,12H2,1-2H3/b18-13-. The molecule has 0 aliphatic carbocycles. The molecule has 4 aromatic rings. The Balaban J connectivity index is 1.76. The minimum atomic E-state index is -0.396. The molecule has 0 aliphatic rings. The van der Waals surface area contributed by atoms with E-state index in [9.17, 15) is 9.59 Å². The van der Waals surface area contributed by atoms with E-state index in [-0.39, 0.29) is 11.3 Å². The Bertz CT molecular complexity index is 1290. The second-order valence-corrected chi connectivity index (χ2v) is 7.63. The summed E-state index contributed by atoms with van der Waals surface area (Å²) in [6.45, 7) is 0. The average Bonchev–Trinajstić information content (AvgIpc) is 2.98. The highest BCUT2D eigenvalue weighted by molar-refractivity contribution is 7.15. The zero-order chi connectivity index (χ0) is 19.7. The Morgan fingerprint density at radius 2 is 1.75 bits per heavy atom. The van der Waals surface area contributed by atoms with Crippen LogP contribution in [0.15, 0.2) is 64.2 Å². The molecule has 0 N–H and O–H groups in total. The first kappa shape index (κ1) is 18.1. The molecule has 6 nitrogen and oxygen atoms in total. The third-order valence-electron chi connectivity index (χ3n) is 4.37. The first-order valence-electron chi connectivity index (χ1n) is 8.77. The number of fused-ring (bicyclic) bond motifs is 1. The second kappa shape index (κ2) is 7.36. The summed E-state index contributed by atoms with van der Waals surface area (Å²) in [5, 5.41) is 4.28. The van der Waals surface area contributed by atoms with E-state index < -0.39 is 5.56 Å². The number of nitrogens with zero attached hydrogens (tertiary/aromatic N) is 4. The zero-order valence-electron chi connectivity index (χ0n) is 15.5. The number of benzene rings is 2. The summed E-state index contributed by atoms with van der Waals surface area (Å²) in [7, 11) is 3.95. The van der Waals surface area contributed by atoms with Crippen molar-refractivity contribution < 1.29 is 0 Å². The van der Waals surface area contributed by atoms with Crippen LogP contribution in [0.4, 0.5) is 5.69 Å². The molecule has 7 heteroatoms. The van der Waals surface area contributed by atoms with Gasteiger partial charge in [0.15, 0.2) is 0 Å². The van der Waals surface area contributed by atoms with Crippen LogP contribution in [0.5, 0.6) is 0 Å². The molecule has 0 atom stereocenters. The van der Waals surface area contributed by atoms with Gasteiger partial charge >= 0.3 is 0 Å². The van der Waals surface area contributed by atoms with E-state index in [0.717, 1.165) is 16.8 Å². The van der Waals surface area contributed by atoms with Crippen molar-refractivity contribution in [2.45, 2.75) is 6.42 Å². The van der Waals surface area contributed by atoms with Gasteiger partial charge in [-0.05, 0) is 29.3 Å². The fourth-order valence-electron chi connectivity index (χ4n) is 2.86. The Morgan fingerprint density at radius 3 is 2.43 bits per heavy atom. The van der Waals surface area contributed by atoms with E-state index in [1.54, 1.807) is 6.08 Å². The molecule has 0 amide bonds. The maximum atomic E-state index is 12.8. The lowest BCUT2D eigenvalue weighted by atomic mass is 10.1. The number of hydrogen-bond acceptors (Lipinski definition) is 6. The lowest BCUT2D eigenvalue weighted by Crippen LogP contribution is -2.28. The van der Waals surface area contributed by atoms with Gasteiger partial charge in [-0.1, -0.05) is 53.8 Å². The summed E-state index contributed by atoms with van der Waals surface area (Å²) in [5.41, 5.74) is 2.53. The van der Waals surface area contributed by atoms with Crippen LogP contribution in [-0.2, 0) is 6.42 Å². The molecule has 2 heterocycles. The molecule has 140 valence electrons. The predicted octanol–water partition coefficient (Wildman–Crippen LogP) is 1.72. The van der Waals surface area contributed by atoms with Gasteiger partial charge in [-0.15, -0.1) is 0 Å². The van der Waals surface area contributed by atoms with Crippen molar-refractivity contribution in [1.29, 1.82) is 0 Å². The van der Waals surface area contributed by atoms with Gasteiger partial charge in [-0.3, -0.25) is 9.59 Å². The number of anilines is 1. The quantitative estimate of drug-likeness (QED) is 0.531. The van der Waals surface area contributed by atoms with Gasteiger partial charge in [0.25, 0.3) is 11.1 Å². The fraction of sp³-hybridized carbons (Fsp3) is 0.143. The maximum absolute atomic E-state index is 12.8. The molecule has 0 saturated carbocycles. The predicted molar refractivity (Wildman–Crippen MR) is 112 cm³/mol. The number of thiazole rings is 1. The van der Waals surface area contributed by atoms with Gasteiger partial charge in [0, 0.05) is 26.2 Å². The average molecular weight is 390 g/mol. The van der Waals surface area contributed by atoms with Crippen LogP contribution in [0.1, 0.15) is 16.8 Å². The molecule has 0 spiro atoms. The Hall–Kier alpha value is -3.32. The van der Waals surface area contributed by atoms with Crippen molar-refractivity contribution in [3.05, 3.63) is 96.7 Å². The monoisotopic (exact) mass is 390 g/mol. The largest absolute Gasteiger partial charge is 0.378 e. The highest BCUT2D eigenvalue weighted by atomic mass is 32.1. The van der Waals surface area contributed by atoms with Crippen LogP contribution in [0.2, 0.25) is 0 Å². The highest BCUT2D eigenvalue weighted by Gasteiger charge is 2.11. The molecule has 28 heavy (non-hydrogen) atoms. The van der Waals surface area contributed by atoms with Crippen molar-refractivity contribution in [2.24, 2.45) is 0 Å². The summed E-state index contributed by atoms with van der Waals surface area (Å²) in [5.74, 6) is 0. The van der Waals surface area contributed by atoms with Gasteiger partial charge in [0.1, 0.15) is 5.69 Å². The third-order valence-corrected chi connectivity index (χ3v) is 5.33. The summed E-state index contributed by atoms with van der Waals surface area (Å²) < 4.78 is 1.72. The molecule has 0 fully saturated rings. The van der Waals surface area contributed by atoms with Crippen molar-refractivity contribution in [1.82, 2.24) is 14.6 Å². The summed E-state index contributed by atoms with van der Waals surface area (Å²) in [6, 6.07) is 17.4. The summed E-state index contributed by atoms with van der Waals surface area (Å²) in [4.78, 5) is 31.5. The Morgan fingerprint density at radius 1 is 1.04 bits per heavy atom. The number of rotatable bonds is 4. The van der Waals surface area contributed by atoms with Gasteiger partial charge in [-0.25, -0.2) is 0 Å². The molecule has 0 unspecified atom stereocenters. The third kappa shape index (κ3) is 3.57. The molecule has 2 aromatic carbocycles. The SMILES string of the molecule is CN(C)c1ccc(/C=c2\sc3nc(=O)c(Cc4ccccc4)nn3c2=O)cc1. The lowest BCUT2D eigenvalue weighted by molar-refractivity contribution is 0.811. The van der Waals surface area contributed by atoms with Crippen LogP contribution in [-0.4, -0.2) is 28.7 Å². The van der Waals surface area contributed by atoms with Crippen LogP contribution >= 0.6 is 11.3 Å². The fourth-order valence-corrected chi connectivity index (χ4v) is 3.77. The smallest absolute Gasteiger partial charge is 0.296 e. The van der Waals surface area contributed by atoms with Crippen LogP contribution in [0.25, 0.3) is 11.0 Å².